The van der Waals surface area contributed by atoms with Crippen LogP contribution in [0.25, 0.3) is 10.8 Å². The number of benzene rings is 1. The molecule has 128 valence electrons. The Morgan fingerprint density at radius 3 is 3.00 bits per heavy atom. The van der Waals surface area contributed by atoms with Gasteiger partial charge in [0.05, 0.1) is 13.2 Å². The molecule has 1 aliphatic rings. The van der Waals surface area contributed by atoms with Gasteiger partial charge >= 0.3 is 6.09 Å². The molecular formula is C17H18BrClN2O3. The first-order chi connectivity index (χ1) is 11.5. The SMILES string of the molecule is CCOC(=O)N1C[C@H](Oc2nc(Cl)cc3ccc(Br)cc23)C[C@H]1C. The summed E-state index contributed by atoms with van der Waals surface area (Å²) in [5, 5.41) is 2.23. The van der Waals surface area contributed by atoms with Crippen molar-refractivity contribution in [3.8, 4) is 5.88 Å². The Labute approximate surface area is 154 Å². The summed E-state index contributed by atoms with van der Waals surface area (Å²) in [7, 11) is 0. The number of rotatable bonds is 3. The van der Waals surface area contributed by atoms with Gasteiger partial charge in [-0.15, -0.1) is 0 Å². The van der Waals surface area contributed by atoms with Crippen LogP contribution in [0.15, 0.2) is 28.7 Å². The highest BCUT2D eigenvalue weighted by atomic mass is 79.9. The van der Waals surface area contributed by atoms with Gasteiger partial charge in [0.1, 0.15) is 11.3 Å². The molecule has 1 saturated heterocycles. The van der Waals surface area contributed by atoms with E-state index in [0.29, 0.717) is 24.2 Å². The van der Waals surface area contributed by atoms with Gasteiger partial charge in [0.25, 0.3) is 0 Å². The van der Waals surface area contributed by atoms with Gasteiger partial charge in [-0.2, -0.15) is 0 Å². The number of carbonyl (C=O) groups excluding carboxylic acids is 1. The first-order valence-corrected chi connectivity index (χ1v) is 9.01. The predicted molar refractivity (Wildman–Crippen MR) is 96.7 cm³/mol. The Balaban J connectivity index is 1.83. The van der Waals surface area contributed by atoms with E-state index in [0.717, 1.165) is 21.7 Å². The van der Waals surface area contributed by atoms with Crippen molar-refractivity contribution in [2.45, 2.75) is 32.4 Å². The van der Waals surface area contributed by atoms with Crippen LogP contribution in [0.4, 0.5) is 4.79 Å². The fraction of sp³-hybridized carbons (Fsp3) is 0.412. The van der Waals surface area contributed by atoms with E-state index >= 15 is 0 Å². The first kappa shape index (κ1) is 17.3. The normalized spacial score (nSPS) is 20.4. The van der Waals surface area contributed by atoms with Gasteiger partial charge in [-0.25, -0.2) is 9.78 Å². The maximum absolute atomic E-state index is 12.0. The zero-order valence-electron chi connectivity index (χ0n) is 13.5. The van der Waals surface area contributed by atoms with Gasteiger partial charge in [0.15, 0.2) is 0 Å². The van der Waals surface area contributed by atoms with Crippen LogP contribution in [0.2, 0.25) is 5.15 Å². The minimum atomic E-state index is -0.303. The lowest BCUT2D eigenvalue weighted by molar-refractivity contribution is 0.101. The maximum atomic E-state index is 12.0. The standard InChI is InChI=1S/C17H18BrClN2O3/c1-3-23-17(22)21-9-13(6-10(21)2)24-16-14-8-12(18)5-4-11(14)7-15(19)20-16/h4-5,7-8,10,13H,3,6,9H2,1-2H3/t10-,13-/m1/s1. The summed E-state index contributed by atoms with van der Waals surface area (Å²) in [5.74, 6) is 0.488. The van der Waals surface area contributed by atoms with E-state index < -0.39 is 0 Å². The molecule has 2 heterocycles. The molecule has 2 atom stereocenters. The monoisotopic (exact) mass is 412 g/mol. The van der Waals surface area contributed by atoms with Gasteiger partial charge in [0, 0.05) is 22.3 Å². The molecule has 1 aromatic carbocycles. The number of carbonyl (C=O) groups is 1. The summed E-state index contributed by atoms with van der Waals surface area (Å²) in [6.07, 6.45) is 0.281. The molecule has 1 amide bonds. The van der Waals surface area contributed by atoms with Crippen molar-refractivity contribution in [3.05, 3.63) is 33.9 Å². The topological polar surface area (TPSA) is 51.7 Å². The first-order valence-electron chi connectivity index (χ1n) is 7.83. The van der Waals surface area contributed by atoms with E-state index in [9.17, 15) is 4.79 Å². The van der Waals surface area contributed by atoms with Crippen molar-refractivity contribution < 1.29 is 14.3 Å². The summed E-state index contributed by atoms with van der Waals surface area (Å²) in [6, 6.07) is 7.73. The smallest absolute Gasteiger partial charge is 0.410 e. The van der Waals surface area contributed by atoms with E-state index in [-0.39, 0.29) is 18.2 Å². The van der Waals surface area contributed by atoms with Gasteiger partial charge in [-0.1, -0.05) is 33.6 Å². The highest BCUT2D eigenvalue weighted by molar-refractivity contribution is 9.10. The van der Waals surface area contributed by atoms with Gasteiger partial charge in [-0.3, -0.25) is 0 Å². The summed E-state index contributed by atoms with van der Waals surface area (Å²) >= 11 is 9.58. The number of hydrogen-bond donors (Lipinski definition) is 0. The van der Waals surface area contributed by atoms with Crippen LogP contribution >= 0.6 is 27.5 Å². The van der Waals surface area contributed by atoms with Crippen molar-refractivity contribution in [1.29, 1.82) is 0 Å². The molecule has 0 bridgehead atoms. The lowest BCUT2D eigenvalue weighted by Gasteiger charge is -2.20. The van der Waals surface area contributed by atoms with Crippen LogP contribution in [-0.2, 0) is 4.74 Å². The Kier molecular flexibility index (Phi) is 5.15. The quantitative estimate of drug-likeness (QED) is 0.687. The van der Waals surface area contributed by atoms with Gasteiger partial charge in [0.2, 0.25) is 5.88 Å². The second kappa shape index (κ2) is 7.15. The molecule has 0 unspecified atom stereocenters. The molecule has 24 heavy (non-hydrogen) atoms. The molecule has 1 aliphatic heterocycles. The summed E-state index contributed by atoms with van der Waals surface area (Å²) in [5.41, 5.74) is 0. The highest BCUT2D eigenvalue weighted by Gasteiger charge is 2.35. The molecule has 0 aliphatic carbocycles. The third-order valence-corrected chi connectivity index (χ3v) is 4.73. The van der Waals surface area contributed by atoms with Crippen LogP contribution < -0.4 is 4.74 Å². The van der Waals surface area contributed by atoms with Gasteiger partial charge in [-0.05, 0) is 37.4 Å². The predicted octanol–water partition coefficient (Wildman–Crippen LogP) is 4.65. The van der Waals surface area contributed by atoms with E-state index in [4.69, 9.17) is 21.1 Å². The minimum absolute atomic E-state index is 0.0613. The molecule has 2 aromatic rings. The van der Waals surface area contributed by atoms with Crippen LogP contribution in [0, 0.1) is 0 Å². The number of hydrogen-bond acceptors (Lipinski definition) is 4. The van der Waals surface area contributed by atoms with Crippen molar-refractivity contribution in [1.82, 2.24) is 9.88 Å². The molecule has 1 aromatic heterocycles. The van der Waals surface area contributed by atoms with E-state index in [2.05, 4.69) is 20.9 Å². The molecule has 0 spiro atoms. The fourth-order valence-electron chi connectivity index (χ4n) is 2.93. The molecular weight excluding hydrogens is 396 g/mol. The lowest BCUT2D eigenvalue weighted by Crippen LogP contribution is -2.35. The third kappa shape index (κ3) is 3.59. The molecule has 5 nitrogen and oxygen atoms in total. The molecule has 1 fully saturated rings. The summed E-state index contributed by atoms with van der Waals surface area (Å²) in [4.78, 5) is 18.0. The number of likely N-dealkylation sites (tertiary alicyclic amines) is 1. The number of halogens is 2. The Bertz CT molecular complexity index is 771. The minimum Gasteiger partial charge on any atom is -0.472 e. The van der Waals surface area contributed by atoms with Crippen molar-refractivity contribution in [2.24, 2.45) is 0 Å². The van der Waals surface area contributed by atoms with E-state index in [1.165, 1.54) is 0 Å². The van der Waals surface area contributed by atoms with Crippen LogP contribution in [0.5, 0.6) is 5.88 Å². The largest absolute Gasteiger partial charge is 0.472 e. The molecule has 0 radical (unpaired) electrons. The molecule has 7 heteroatoms. The lowest BCUT2D eigenvalue weighted by atomic mass is 10.1. The zero-order chi connectivity index (χ0) is 17.3. The average molecular weight is 414 g/mol. The number of fused-ring (bicyclic) bond motifs is 1. The molecule has 3 rings (SSSR count). The Morgan fingerprint density at radius 1 is 1.46 bits per heavy atom. The van der Waals surface area contributed by atoms with Crippen molar-refractivity contribution in [3.63, 3.8) is 0 Å². The van der Waals surface area contributed by atoms with E-state index in [1.54, 1.807) is 17.9 Å². The fourth-order valence-corrected chi connectivity index (χ4v) is 3.49. The van der Waals surface area contributed by atoms with Crippen LogP contribution in [0.3, 0.4) is 0 Å². The molecule has 0 saturated carbocycles. The second-order valence-corrected chi connectivity index (χ2v) is 7.09. The maximum Gasteiger partial charge on any atom is 0.410 e. The highest BCUT2D eigenvalue weighted by Crippen LogP contribution is 2.31. The number of pyridine rings is 1. The average Bonchev–Trinajstić information content (AvgIpc) is 2.89. The van der Waals surface area contributed by atoms with E-state index in [1.807, 2.05) is 25.1 Å². The number of nitrogens with zero attached hydrogens (tertiary/aromatic N) is 2. The number of aromatic nitrogens is 1. The summed E-state index contributed by atoms with van der Waals surface area (Å²) < 4.78 is 12.1. The third-order valence-electron chi connectivity index (χ3n) is 4.05. The number of ether oxygens (including phenoxy) is 2. The number of amides is 1. The second-order valence-electron chi connectivity index (χ2n) is 5.79. The van der Waals surface area contributed by atoms with Crippen molar-refractivity contribution >= 4 is 44.4 Å². The van der Waals surface area contributed by atoms with Crippen molar-refractivity contribution in [2.75, 3.05) is 13.2 Å². The summed E-state index contributed by atoms with van der Waals surface area (Å²) in [6.45, 7) is 4.62. The van der Waals surface area contributed by atoms with Crippen LogP contribution in [0.1, 0.15) is 20.3 Å². The Hall–Kier alpha value is -1.53. The Morgan fingerprint density at radius 2 is 2.25 bits per heavy atom. The van der Waals surface area contributed by atoms with Gasteiger partial charge < -0.3 is 14.4 Å². The zero-order valence-corrected chi connectivity index (χ0v) is 15.8. The van der Waals surface area contributed by atoms with Crippen LogP contribution in [-0.4, -0.2) is 41.3 Å². The molecule has 0 N–H and O–H groups in total.